The lowest BCUT2D eigenvalue weighted by Crippen LogP contribution is -2.02. The molecule has 0 bridgehead atoms. The first-order valence-corrected chi connectivity index (χ1v) is 8.16. The van der Waals surface area contributed by atoms with Gasteiger partial charge >= 0.3 is 0 Å². The highest BCUT2D eigenvalue weighted by Crippen LogP contribution is 2.37. The Morgan fingerprint density at radius 1 is 1.22 bits per heavy atom. The van der Waals surface area contributed by atoms with Crippen molar-refractivity contribution >= 4 is 35.9 Å². The average molecular weight is 363 g/mol. The molecule has 2 aromatic heterocycles. The Balaban J connectivity index is 1.64. The summed E-state index contributed by atoms with van der Waals surface area (Å²) in [6.45, 7) is 0.102. The number of halogens is 1. The number of pyridine rings is 1. The van der Waals surface area contributed by atoms with Crippen LogP contribution in [0, 0.1) is 5.82 Å². The van der Waals surface area contributed by atoms with Crippen molar-refractivity contribution in [2.45, 2.75) is 6.54 Å². The number of nitrogens with zero attached hydrogens (tertiary/aromatic N) is 2. The van der Waals surface area contributed by atoms with Crippen molar-refractivity contribution in [2.24, 2.45) is 4.99 Å². The van der Waals surface area contributed by atoms with Crippen LogP contribution in [-0.4, -0.2) is 22.6 Å². The maximum Gasteiger partial charge on any atom is 0.208 e. The van der Waals surface area contributed by atoms with Crippen LogP contribution in [0.15, 0.2) is 52.0 Å². The Bertz CT molecular complexity index is 1090. The molecule has 0 amide bonds. The predicted octanol–water partition coefficient (Wildman–Crippen LogP) is 4.20. The summed E-state index contributed by atoms with van der Waals surface area (Å²) in [5.41, 5.74) is 1.87. The first kappa shape index (κ1) is 16.7. The second kappa shape index (κ2) is 6.87. The van der Waals surface area contributed by atoms with E-state index in [4.69, 9.17) is 4.42 Å². The minimum Gasteiger partial charge on any atom is -0.504 e. The number of aromatic nitrogens is 1. The molecule has 0 unspecified atom stereocenters. The number of aliphatic imine (C=N–C) groups is 1. The second-order valence-electron chi connectivity index (χ2n) is 5.85. The summed E-state index contributed by atoms with van der Waals surface area (Å²) >= 11 is 0. The van der Waals surface area contributed by atoms with Crippen molar-refractivity contribution in [1.29, 1.82) is 0 Å². The van der Waals surface area contributed by atoms with E-state index in [0.29, 0.717) is 23.2 Å². The van der Waals surface area contributed by atoms with Crippen molar-refractivity contribution in [1.82, 2.24) is 4.98 Å². The molecule has 1 aliphatic heterocycles. The average Bonchev–Trinajstić information content (AvgIpc) is 3.22. The molecule has 1 aromatic carbocycles. The van der Waals surface area contributed by atoms with Crippen molar-refractivity contribution in [2.75, 3.05) is 5.32 Å². The summed E-state index contributed by atoms with van der Waals surface area (Å²) in [5, 5.41) is 13.2. The molecule has 134 valence electrons. The number of fused-ring (bicyclic) bond motifs is 1. The van der Waals surface area contributed by atoms with Crippen LogP contribution in [0.1, 0.15) is 27.2 Å². The molecule has 0 spiro atoms. The lowest BCUT2D eigenvalue weighted by Gasteiger charge is -2.04. The van der Waals surface area contributed by atoms with Gasteiger partial charge in [-0.1, -0.05) is 18.2 Å². The van der Waals surface area contributed by atoms with Crippen LogP contribution in [0.5, 0.6) is 5.75 Å². The highest BCUT2D eigenvalue weighted by molar-refractivity contribution is 6.21. The van der Waals surface area contributed by atoms with Gasteiger partial charge in [-0.05, 0) is 24.3 Å². The summed E-state index contributed by atoms with van der Waals surface area (Å²) < 4.78 is 19.4. The fourth-order valence-electron chi connectivity index (χ4n) is 2.79. The molecule has 0 saturated heterocycles. The molecular formula is C20H14FN3O3. The SMILES string of the molecule is O=Cc1c(NCc2ccccc2F)oc(C=C2C=Nc3ncccc32)c1O. The van der Waals surface area contributed by atoms with Gasteiger partial charge in [0, 0.05) is 35.7 Å². The molecule has 0 atom stereocenters. The Morgan fingerprint density at radius 3 is 2.89 bits per heavy atom. The molecule has 7 heteroatoms. The number of benzene rings is 1. The van der Waals surface area contributed by atoms with Gasteiger partial charge in [0.2, 0.25) is 5.88 Å². The predicted molar refractivity (Wildman–Crippen MR) is 99.7 cm³/mol. The van der Waals surface area contributed by atoms with Crippen LogP contribution in [0.3, 0.4) is 0 Å². The molecule has 27 heavy (non-hydrogen) atoms. The number of hydrogen-bond acceptors (Lipinski definition) is 6. The number of aromatic hydroxyl groups is 1. The van der Waals surface area contributed by atoms with Crippen LogP contribution >= 0.6 is 0 Å². The van der Waals surface area contributed by atoms with E-state index in [1.807, 2.05) is 6.07 Å². The van der Waals surface area contributed by atoms with E-state index in [-0.39, 0.29) is 35.3 Å². The Hall–Kier alpha value is -3.74. The highest BCUT2D eigenvalue weighted by atomic mass is 19.1. The number of allylic oxidation sites excluding steroid dienone is 1. The summed E-state index contributed by atoms with van der Waals surface area (Å²) in [7, 11) is 0. The molecule has 0 fully saturated rings. The zero-order chi connectivity index (χ0) is 18.8. The normalized spacial score (nSPS) is 13.7. The molecule has 0 saturated carbocycles. The smallest absolute Gasteiger partial charge is 0.208 e. The highest BCUT2D eigenvalue weighted by Gasteiger charge is 2.20. The lowest BCUT2D eigenvalue weighted by molar-refractivity contribution is 0.112. The summed E-state index contributed by atoms with van der Waals surface area (Å²) in [6.07, 6.45) is 5.31. The van der Waals surface area contributed by atoms with Crippen LogP contribution < -0.4 is 5.32 Å². The van der Waals surface area contributed by atoms with Crippen molar-refractivity contribution in [3.63, 3.8) is 0 Å². The van der Waals surface area contributed by atoms with E-state index < -0.39 is 0 Å². The maximum atomic E-state index is 13.8. The van der Waals surface area contributed by atoms with E-state index in [1.54, 1.807) is 42.8 Å². The van der Waals surface area contributed by atoms with Crippen LogP contribution in [0.4, 0.5) is 16.1 Å². The minimum atomic E-state index is -0.373. The molecule has 0 aliphatic carbocycles. The van der Waals surface area contributed by atoms with Crippen LogP contribution in [-0.2, 0) is 6.54 Å². The summed E-state index contributed by atoms with van der Waals surface area (Å²) in [4.78, 5) is 19.7. The largest absolute Gasteiger partial charge is 0.504 e. The lowest BCUT2D eigenvalue weighted by atomic mass is 10.1. The molecule has 1 aliphatic rings. The zero-order valence-corrected chi connectivity index (χ0v) is 14.0. The zero-order valence-electron chi connectivity index (χ0n) is 14.0. The van der Waals surface area contributed by atoms with Crippen LogP contribution in [0.25, 0.3) is 11.6 Å². The maximum absolute atomic E-state index is 13.8. The number of nitrogens with one attached hydrogen (secondary N) is 1. The topological polar surface area (TPSA) is 87.7 Å². The van der Waals surface area contributed by atoms with E-state index in [1.165, 1.54) is 6.07 Å². The number of carbonyl (C=O) groups excluding carboxylic acids is 1. The Labute approximate surface area is 153 Å². The van der Waals surface area contributed by atoms with Gasteiger partial charge < -0.3 is 14.8 Å². The Kier molecular flexibility index (Phi) is 4.25. The molecular weight excluding hydrogens is 349 g/mol. The number of hydrogen-bond donors (Lipinski definition) is 2. The Morgan fingerprint density at radius 2 is 2.07 bits per heavy atom. The van der Waals surface area contributed by atoms with Crippen molar-refractivity contribution < 1.29 is 18.7 Å². The quantitative estimate of drug-likeness (QED) is 0.663. The number of rotatable bonds is 5. The van der Waals surface area contributed by atoms with Crippen LogP contribution in [0.2, 0.25) is 0 Å². The molecule has 6 nitrogen and oxygen atoms in total. The van der Waals surface area contributed by atoms with Gasteiger partial charge in [0.25, 0.3) is 0 Å². The number of carbonyl (C=O) groups is 1. The third-order valence-electron chi connectivity index (χ3n) is 4.17. The second-order valence-corrected chi connectivity index (χ2v) is 5.85. The molecule has 0 radical (unpaired) electrons. The molecule has 4 rings (SSSR count). The first-order chi connectivity index (χ1) is 13.2. The van der Waals surface area contributed by atoms with E-state index in [0.717, 1.165) is 5.56 Å². The van der Waals surface area contributed by atoms with Crippen molar-refractivity contribution in [3.05, 3.63) is 70.9 Å². The number of aldehydes is 1. The van der Waals surface area contributed by atoms with Gasteiger partial charge in [-0.15, -0.1) is 0 Å². The van der Waals surface area contributed by atoms with E-state index in [2.05, 4.69) is 15.3 Å². The van der Waals surface area contributed by atoms with E-state index >= 15 is 0 Å². The summed E-state index contributed by atoms with van der Waals surface area (Å²) in [6, 6.07) is 9.89. The molecule has 3 aromatic rings. The van der Waals surface area contributed by atoms with Gasteiger partial charge in [0.1, 0.15) is 11.4 Å². The van der Waals surface area contributed by atoms with Gasteiger partial charge in [-0.25, -0.2) is 14.4 Å². The number of furan rings is 1. The minimum absolute atomic E-state index is 0.0282. The fourth-order valence-corrected chi connectivity index (χ4v) is 2.79. The monoisotopic (exact) mass is 363 g/mol. The van der Waals surface area contributed by atoms with Gasteiger partial charge in [-0.2, -0.15) is 0 Å². The van der Waals surface area contributed by atoms with Gasteiger partial charge in [0.15, 0.2) is 23.6 Å². The van der Waals surface area contributed by atoms with E-state index in [9.17, 15) is 14.3 Å². The third-order valence-corrected chi connectivity index (χ3v) is 4.17. The van der Waals surface area contributed by atoms with Crippen molar-refractivity contribution in [3.8, 4) is 5.75 Å². The van der Waals surface area contributed by atoms with Gasteiger partial charge in [-0.3, -0.25) is 4.79 Å². The fraction of sp³-hybridized carbons (Fsp3) is 0.0500. The summed E-state index contributed by atoms with van der Waals surface area (Å²) in [5.74, 6) is 0.0786. The third kappa shape index (κ3) is 3.10. The molecule has 3 heterocycles. The van der Waals surface area contributed by atoms with Gasteiger partial charge in [0.05, 0.1) is 0 Å². The first-order valence-electron chi connectivity index (χ1n) is 8.16. The standard InChI is InChI=1S/C20H14FN3O3/c21-16-6-2-1-4-12(16)9-24-20-15(11-25)18(26)17(27-20)8-13-10-23-19-14(13)5-3-7-22-19/h1-8,10-11,24,26H,9H2. The molecule has 2 N–H and O–H groups in total. The number of anilines is 1.